The number of methoxy groups -OCH3 is 1. The average Bonchev–Trinajstić information content (AvgIpc) is 3.35. The highest BCUT2D eigenvalue weighted by atomic mass is 32.2. The van der Waals surface area contributed by atoms with E-state index >= 15 is 0 Å². The van der Waals surface area contributed by atoms with Gasteiger partial charge in [-0.25, -0.2) is 13.4 Å². The van der Waals surface area contributed by atoms with Crippen LogP contribution in [0.25, 0.3) is 0 Å². The highest BCUT2D eigenvalue weighted by molar-refractivity contribution is 7.89. The van der Waals surface area contributed by atoms with E-state index in [1.807, 2.05) is 0 Å². The molecule has 9 heteroatoms. The van der Waals surface area contributed by atoms with E-state index in [1.165, 1.54) is 17.5 Å². The van der Waals surface area contributed by atoms with E-state index in [4.69, 9.17) is 14.6 Å². The van der Waals surface area contributed by atoms with Crippen molar-refractivity contribution in [1.29, 1.82) is 0 Å². The predicted octanol–water partition coefficient (Wildman–Crippen LogP) is 2.04. The van der Waals surface area contributed by atoms with E-state index in [9.17, 15) is 13.2 Å². The molecular formula is C20H30N2O6S. The Morgan fingerprint density at radius 1 is 1.28 bits per heavy atom. The van der Waals surface area contributed by atoms with Crippen LogP contribution in [-0.2, 0) is 19.6 Å². The molecule has 1 aliphatic heterocycles. The van der Waals surface area contributed by atoms with Crippen LogP contribution in [0.2, 0.25) is 0 Å². The lowest BCUT2D eigenvalue weighted by molar-refractivity contribution is -0.144. The van der Waals surface area contributed by atoms with Crippen molar-refractivity contribution < 1.29 is 27.8 Å². The monoisotopic (exact) mass is 426 g/mol. The van der Waals surface area contributed by atoms with Crippen LogP contribution in [0.5, 0.6) is 5.88 Å². The number of nitrogens with zero attached hydrogens (tertiary/aromatic N) is 2. The van der Waals surface area contributed by atoms with Crippen molar-refractivity contribution in [2.75, 3.05) is 20.3 Å². The van der Waals surface area contributed by atoms with Gasteiger partial charge in [-0.1, -0.05) is 0 Å². The Hall–Kier alpha value is -1.71. The van der Waals surface area contributed by atoms with E-state index in [-0.39, 0.29) is 35.9 Å². The number of pyridine rings is 1. The minimum absolute atomic E-state index is 0.00767. The van der Waals surface area contributed by atoms with Gasteiger partial charge in [-0.2, -0.15) is 4.31 Å². The molecule has 3 atom stereocenters. The molecule has 1 N–H and O–H groups in total. The number of aliphatic hydroxyl groups excluding tert-OH is 1. The largest absolute Gasteiger partial charge is 0.473 e. The lowest BCUT2D eigenvalue weighted by atomic mass is 10.00. The second-order valence-electron chi connectivity index (χ2n) is 7.77. The molecule has 0 amide bonds. The first-order valence-corrected chi connectivity index (χ1v) is 11.7. The van der Waals surface area contributed by atoms with Crippen molar-refractivity contribution in [2.45, 2.75) is 68.9 Å². The zero-order valence-corrected chi connectivity index (χ0v) is 17.9. The first kappa shape index (κ1) is 22.0. The average molecular weight is 427 g/mol. The molecule has 162 valence electrons. The first-order chi connectivity index (χ1) is 13.9. The normalized spacial score (nSPS) is 25.3. The Balaban J connectivity index is 1.89. The van der Waals surface area contributed by atoms with Gasteiger partial charge in [0.25, 0.3) is 0 Å². The van der Waals surface area contributed by atoms with Crippen LogP contribution in [0.15, 0.2) is 17.0 Å². The molecule has 1 aliphatic carbocycles. The molecule has 0 aromatic carbocycles. The van der Waals surface area contributed by atoms with Crippen molar-refractivity contribution >= 4 is 16.0 Å². The number of esters is 1. The van der Waals surface area contributed by atoms with Gasteiger partial charge in [-0.3, -0.25) is 4.79 Å². The summed E-state index contributed by atoms with van der Waals surface area (Å²) in [5.74, 6) is -0.176. The van der Waals surface area contributed by atoms with E-state index < -0.39 is 22.0 Å². The Kier molecular flexibility index (Phi) is 7.13. The summed E-state index contributed by atoms with van der Waals surface area (Å²) in [5, 5.41) is 9.13. The fraction of sp³-hybridized carbons (Fsp3) is 0.700. The summed E-state index contributed by atoms with van der Waals surface area (Å²) < 4.78 is 38.9. The summed E-state index contributed by atoms with van der Waals surface area (Å²) in [6.45, 7) is 2.18. The molecular weight excluding hydrogens is 396 g/mol. The van der Waals surface area contributed by atoms with Crippen LogP contribution < -0.4 is 4.74 Å². The van der Waals surface area contributed by atoms with Crippen LogP contribution in [0.3, 0.4) is 0 Å². The number of sulfonamides is 1. The van der Waals surface area contributed by atoms with Gasteiger partial charge in [-0.05, 0) is 69.9 Å². The molecule has 2 heterocycles. The van der Waals surface area contributed by atoms with Gasteiger partial charge in [0.1, 0.15) is 17.0 Å². The number of aromatic nitrogens is 1. The Bertz CT molecular complexity index is 828. The zero-order chi connectivity index (χ0) is 21.0. The lowest BCUT2D eigenvalue weighted by Gasteiger charge is -2.25. The molecule has 2 aliphatic rings. The summed E-state index contributed by atoms with van der Waals surface area (Å²) in [6, 6.07) is 2.33. The summed E-state index contributed by atoms with van der Waals surface area (Å²) in [6.07, 6.45) is 5.28. The van der Waals surface area contributed by atoms with Gasteiger partial charge in [0.05, 0.1) is 7.11 Å². The Labute approximate surface area is 172 Å². The van der Waals surface area contributed by atoms with Gasteiger partial charge in [0.15, 0.2) is 0 Å². The molecule has 1 saturated carbocycles. The molecule has 8 nitrogen and oxygen atoms in total. The van der Waals surface area contributed by atoms with Gasteiger partial charge in [0, 0.05) is 18.8 Å². The molecule has 0 spiro atoms. The van der Waals surface area contributed by atoms with E-state index in [0.29, 0.717) is 25.0 Å². The maximum absolute atomic E-state index is 13.4. The zero-order valence-electron chi connectivity index (χ0n) is 17.0. The number of hydrogen-bond donors (Lipinski definition) is 1. The minimum Gasteiger partial charge on any atom is -0.473 e. The molecule has 3 rings (SSSR count). The van der Waals surface area contributed by atoms with Gasteiger partial charge >= 0.3 is 5.97 Å². The smallest absolute Gasteiger partial charge is 0.324 e. The molecule has 29 heavy (non-hydrogen) atoms. The van der Waals surface area contributed by atoms with Gasteiger partial charge in [0.2, 0.25) is 15.9 Å². The minimum atomic E-state index is -3.96. The van der Waals surface area contributed by atoms with Crippen molar-refractivity contribution in [3.05, 3.63) is 17.8 Å². The van der Waals surface area contributed by atoms with Crippen LogP contribution in [-0.4, -0.2) is 61.2 Å². The molecule has 1 aromatic rings. The summed E-state index contributed by atoms with van der Waals surface area (Å²) >= 11 is 0. The fourth-order valence-electron chi connectivity index (χ4n) is 4.31. The number of aryl methyl sites for hydroxylation is 1. The molecule has 0 radical (unpaired) electrons. The SMILES string of the molecule is COC(=O)[C@@H]1CCCN1S(=O)(=O)c1ccc(C)nc1O[C@@H]1CCC[C@@H]1CCCO. The third-order valence-electron chi connectivity index (χ3n) is 5.81. The quantitative estimate of drug-likeness (QED) is 0.634. The third-order valence-corrected chi connectivity index (χ3v) is 7.73. The standard InChI is InChI=1S/C20H30N2O6S/c1-14-10-11-18(29(25,26)22-12-4-8-16(22)20(24)27-2)19(21-14)28-17-9-3-6-15(17)7-5-13-23/h10-11,15-17,23H,3-9,12-13H2,1-2H3/t15-,16+,17-/m1/s1. The van der Waals surface area contributed by atoms with E-state index in [1.54, 1.807) is 13.0 Å². The highest BCUT2D eigenvalue weighted by Gasteiger charge is 2.42. The van der Waals surface area contributed by atoms with Gasteiger partial charge in [-0.15, -0.1) is 0 Å². The van der Waals surface area contributed by atoms with Crippen molar-refractivity contribution in [1.82, 2.24) is 9.29 Å². The molecule has 0 bridgehead atoms. The van der Waals surface area contributed by atoms with Crippen LogP contribution in [0.4, 0.5) is 0 Å². The predicted molar refractivity (Wildman–Crippen MR) is 106 cm³/mol. The molecule has 1 aromatic heterocycles. The van der Waals surface area contributed by atoms with Crippen molar-refractivity contribution in [2.24, 2.45) is 5.92 Å². The number of carbonyl (C=O) groups excluding carboxylic acids is 1. The second-order valence-corrected chi connectivity index (χ2v) is 9.62. The maximum Gasteiger partial charge on any atom is 0.324 e. The van der Waals surface area contributed by atoms with Crippen LogP contribution in [0.1, 0.15) is 50.6 Å². The number of ether oxygens (including phenoxy) is 2. The van der Waals surface area contributed by atoms with Crippen molar-refractivity contribution in [3.63, 3.8) is 0 Å². The first-order valence-electron chi connectivity index (χ1n) is 10.2. The third kappa shape index (κ3) is 4.73. The van der Waals surface area contributed by atoms with Crippen molar-refractivity contribution in [3.8, 4) is 5.88 Å². The summed E-state index contributed by atoms with van der Waals surface area (Å²) in [7, 11) is -2.70. The number of aliphatic hydroxyl groups is 1. The fourth-order valence-corrected chi connectivity index (χ4v) is 6.01. The van der Waals surface area contributed by atoms with Crippen LogP contribution in [0, 0.1) is 12.8 Å². The van der Waals surface area contributed by atoms with Gasteiger partial charge < -0.3 is 14.6 Å². The second kappa shape index (κ2) is 9.40. The number of hydrogen-bond acceptors (Lipinski definition) is 7. The number of carbonyl (C=O) groups is 1. The topological polar surface area (TPSA) is 106 Å². The highest BCUT2D eigenvalue weighted by Crippen LogP contribution is 2.36. The maximum atomic E-state index is 13.4. The van der Waals surface area contributed by atoms with E-state index in [0.717, 1.165) is 25.7 Å². The Morgan fingerprint density at radius 3 is 2.79 bits per heavy atom. The molecule has 0 unspecified atom stereocenters. The Morgan fingerprint density at radius 2 is 2.07 bits per heavy atom. The summed E-state index contributed by atoms with van der Waals surface area (Å²) in [4.78, 5) is 16.4. The van der Waals surface area contributed by atoms with Crippen LogP contribution >= 0.6 is 0 Å². The lowest BCUT2D eigenvalue weighted by Crippen LogP contribution is -2.41. The van der Waals surface area contributed by atoms with E-state index in [2.05, 4.69) is 4.98 Å². The summed E-state index contributed by atoms with van der Waals surface area (Å²) in [5.41, 5.74) is 0.662. The molecule has 1 saturated heterocycles. The molecule has 2 fully saturated rings. The number of rotatable bonds is 8.